The summed E-state index contributed by atoms with van der Waals surface area (Å²) in [5.41, 5.74) is 1.09. The summed E-state index contributed by atoms with van der Waals surface area (Å²) in [6.45, 7) is 9.38. The number of rotatable bonds is 5. The summed E-state index contributed by atoms with van der Waals surface area (Å²) < 4.78 is 0. The maximum atomic E-state index is 10.8. The molecule has 0 atom stereocenters. The third-order valence-corrected chi connectivity index (χ3v) is 3.36. The number of carbonyl (C=O) groups is 1. The lowest BCUT2D eigenvalue weighted by Gasteiger charge is -2.32. The Morgan fingerprint density at radius 1 is 1.50 bits per heavy atom. The molecule has 16 heavy (non-hydrogen) atoms. The van der Waals surface area contributed by atoms with Crippen molar-refractivity contribution in [3.05, 3.63) is 12.2 Å². The van der Waals surface area contributed by atoms with Gasteiger partial charge in [0.05, 0.1) is 0 Å². The Bertz CT molecular complexity index is 247. The number of halogens is 1. The highest BCUT2D eigenvalue weighted by Crippen LogP contribution is 2.17. The van der Waals surface area contributed by atoms with Crippen LogP contribution < -0.4 is 5.32 Å². The molecule has 1 fully saturated rings. The van der Waals surface area contributed by atoms with Gasteiger partial charge in [-0.1, -0.05) is 6.58 Å². The zero-order valence-corrected chi connectivity index (χ0v) is 10.7. The Kier molecular flexibility index (Phi) is 5.85. The van der Waals surface area contributed by atoms with Crippen LogP contribution in [0.1, 0.15) is 19.8 Å². The molecule has 1 amide bonds. The highest BCUT2D eigenvalue weighted by Gasteiger charge is 2.19. The summed E-state index contributed by atoms with van der Waals surface area (Å²) in [5.74, 6) is 1.24. The second-order valence-corrected chi connectivity index (χ2v) is 4.81. The van der Waals surface area contributed by atoms with Crippen LogP contribution in [0.5, 0.6) is 0 Å². The van der Waals surface area contributed by atoms with E-state index in [2.05, 4.69) is 16.8 Å². The van der Waals surface area contributed by atoms with Gasteiger partial charge in [-0.05, 0) is 37.4 Å². The van der Waals surface area contributed by atoms with Gasteiger partial charge >= 0.3 is 0 Å². The molecule has 4 heteroatoms. The molecule has 1 aliphatic rings. The number of hydrogen-bond donors (Lipinski definition) is 1. The van der Waals surface area contributed by atoms with Crippen LogP contribution in [-0.2, 0) is 4.79 Å². The quantitative estimate of drug-likeness (QED) is 0.589. The van der Waals surface area contributed by atoms with Gasteiger partial charge in [-0.25, -0.2) is 0 Å². The van der Waals surface area contributed by atoms with Crippen molar-refractivity contribution in [2.24, 2.45) is 5.92 Å². The fourth-order valence-corrected chi connectivity index (χ4v) is 2.08. The minimum absolute atomic E-state index is 0.0675. The van der Waals surface area contributed by atoms with E-state index in [0.717, 1.165) is 44.6 Å². The van der Waals surface area contributed by atoms with Crippen molar-refractivity contribution < 1.29 is 4.79 Å². The van der Waals surface area contributed by atoms with Gasteiger partial charge in [0.2, 0.25) is 5.91 Å². The molecule has 0 aromatic rings. The Hall–Kier alpha value is -0.540. The second kappa shape index (κ2) is 6.92. The van der Waals surface area contributed by atoms with Crippen molar-refractivity contribution in [3.63, 3.8) is 0 Å². The van der Waals surface area contributed by atoms with Crippen molar-refractivity contribution in [3.8, 4) is 0 Å². The first-order valence-electron chi connectivity index (χ1n) is 5.81. The summed E-state index contributed by atoms with van der Waals surface area (Å²) in [7, 11) is 0. The van der Waals surface area contributed by atoms with E-state index in [0.29, 0.717) is 11.8 Å². The number of likely N-dealkylation sites (tertiary alicyclic amines) is 1. The average molecular weight is 245 g/mol. The van der Waals surface area contributed by atoms with E-state index < -0.39 is 0 Å². The number of nitrogens with zero attached hydrogens (tertiary/aromatic N) is 1. The molecule has 1 rings (SSSR count). The molecule has 0 unspecified atom stereocenters. The number of hydrogen-bond acceptors (Lipinski definition) is 2. The van der Waals surface area contributed by atoms with Gasteiger partial charge in [-0.3, -0.25) is 9.69 Å². The average Bonchev–Trinajstić information content (AvgIpc) is 2.28. The lowest BCUT2D eigenvalue weighted by molar-refractivity contribution is -0.119. The predicted molar refractivity (Wildman–Crippen MR) is 67.7 cm³/mol. The molecular formula is C12H21ClN2O. The highest BCUT2D eigenvalue weighted by atomic mass is 35.5. The van der Waals surface area contributed by atoms with E-state index >= 15 is 0 Å². The number of nitrogens with one attached hydrogen (secondary N) is 1. The monoisotopic (exact) mass is 244 g/mol. The maximum Gasteiger partial charge on any atom is 0.216 e. The van der Waals surface area contributed by atoms with E-state index in [1.54, 1.807) is 6.92 Å². The molecule has 0 radical (unpaired) electrons. The fourth-order valence-electron chi connectivity index (χ4n) is 2.00. The summed E-state index contributed by atoms with van der Waals surface area (Å²) in [6, 6.07) is 0. The normalized spacial score (nSPS) is 18.4. The predicted octanol–water partition coefficient (Wildman–Crippen LogP) is 1.63. The molecule has 0 aliphatic carbocycles. The van der Waals surface area contributed by atoms with Crippen LogP contribution in [0.4, 0.5) is 0 Å². The van der Waals surface area contributed by atoms with Crippen molar-refractivity contribution in [1.29, 1.82) is 0 Å². The molecule has 0 aromatic carbocycles. The minimum Gasteiger partial charge on any atom is -0.356 e. The Morgan fingerprint density at radius 3 is 2.62 bits per heavy atom. The second-order valence-electron chi connectivity index (χ2n) is 4.54. The number of amides is 1. The van der Waals surface area contributed by atoms with Crippen molar-refractivity contribution in [2.75, 3.05) is 32.1 Å². The van der Waals surface area contributed by atoms with Crippen LogP contribution in [0.15, 0.2) is 12.2 Å². The summed E-state index contributed by atoms with van der Waals surface area (Å²) in [4.78, 5) is 13.2. The van der Waals surface area contributed by atoms with Crippen LogP contribution in [0.3, 0.4) is 0 Å². The fraction of sp³-hybridized carbons (Fsp3) is 0.750. The van der Waals surface area contributed by atoms with Gasteiger partial charge in [-0.2, -0.15) is 0 Å². The summed E-state index contributed by atoms with van der Waals surface area (Å²) in [6.07, 6.45) is 2.30. The van der Waals surface area contributed by atoms with E-state index in [1.807, 2.05) is 0 Å². The van der Waals surface area contributed by atoms with Crippen LogP contribution in [0, 0.1) is 5.92 Å². The largest absolute Gasteiger partial charge is 0.356 e. The molecular weight excluding hydrogens is 224 g/mol. The molecule has 1 saturated heterocycles. The van der Waals surface area contributed by atoms with Crippen molar-refractivity contribution in [2.45, 2.75) is 19.8 Å². The van der Waals surface area contributed by atoms with E-state index in [9.17, 15) is 4.79 Å². The number of carbonyl (C=O) groups excluding carboxylic acids is 1. The Labute approximate surface area is 103 Å². The van der Waals surface area contributed by atoms with Gasteiger partial charge in [0, 0.05) is 25.9 Å². The summed E-state index contributed by atoms with van der Waals surface area (Å²) >= 11 is 5.71. The zero-order valence-electron chi connectivity index (χ0n) is 9.97. The first kappa shape index (κ1) is 13.5. The maximum absolute atomic E-state index is 10.8. The SMILES string of the molecule is C=C(CCl)CN1CCC(CNC(C)=O)CC1. The smallest absolute Gasteiger partial charge is 0.216 e. The first-order chi connectivity index (χ1) is 7.61. The van der Waals surface area contributed by atoms with Crippen LogP contribution in [0.2, 0.25) is 0 Å². The summed E-state index contributed by atoms with van der Waals surface area (Å²) in [5, 5.41) is 2.89. The van der Waals surface area contributed by atoms with Crippen LogP contribution >= 0.6 is 11.6 Å². The van der Waals surface area contributed by atoms with Gasteiger partial charge in [0.15, 0.2) is 0 Å². The third kappa shape index (κ3) is 4.99. The van der Waals surface area contributed by atoms with Gasteiger partial charge in [0.1, 0.15) is 0 Å². The molecule has 0 spiro atoms. The van der Waals surface area contributed by atoms with Gasteiger partial charge < -0.3 is 5.32 Å². The van der Waals surface area contributed by atoms with E-state index in [-0.39, 0.29) is 5.91 Å². The first-order valence-corrected chi connectivity index (χ1v) is 6.34. The van der Waals surface area contributed by atoms with Crippen molar-refractivity contribution >= 4 is 17.5 Å². The molecule has 0 bridgehead atoms. The topological polar surface area (TPSA) is 32.3 Å². The third-order valence-electron chi connectivity index (χ3n) is 2.98. The lowest BCUT2D eigenvalue weighted by Crippen LogP contribution is -2.39. The lowest BCUT2D eigenvalue weighted by atomic mass is 9.96. The van der Waals surface area contributed by atoms with Gasteiger partial charge in [0.25, 0.3) is 0 Å². The molecule has 1 N–H and O–H groups in total. The van der Waals surface area contributed by atoms with Crippen LogP contribution in [0.25, 0.3) is 0 Å². The number of alkyl halides is 1. The van der Waals surface area contributed by atoms with E-state index in [1.165, 1.54) is 0 Å². The molecule has 0 aromatic heterocycles. The molecule has 0 saturated carbocycles. The minimum atomic E-state index is 0.0675. The molecule has 3 nitrogen and oxygen atoms in total. The van der Waals surface area contributed by atoms with Crippen molar-refractivity contribution in [1.82, 2.24) is 10.2 Å². The highest BCUT2D eigenvalue weighted by molar-refractivity contribution is 6.19. The molecule has 1 heterocycles. The standard InChI is InChI=1S/C12H21ClN2O/c1-10(7-13)9-15-5-3-12(4-6-15)8-14-11(2)16/h12H,1,3-9H2,2H3,(H,14,16). The Balaban J connectivity index is 2.18. The van der Waals surface area contributed by atoms with Crippen LogP contribution in [-0.4, -0.2) is 42.9 Å². The number of piperidine rings is 1. The molecule has 92 valence electrons. The Morgan fingerprint density at radius 2 is 2.12 bits per heavy atom. The molecule has 1 aliphatic heterocycles. The zero-order chi connectivity index (χ0) is 12.0. The van der Waals surface area contributed by atoms with Gasteiger partial charge in [-0.15, -0.1) is 11.6 Å². The van der Waals surface area contributed by atoms with E-state index in [4.69, 9.17) is 11.6 Å².